The lowest BCUT2D eigenvalue weighted by Crippen LogP contribution is -2.06. The fraction of sp³-hybridized carbons (Fsp3) is 0. The first kappa shape index (κ1) is 84.9. The molecule has 29 aromatic rings. The summed E-state index contributed by atoms with van der Waals surface area (Å²) in [5, 5.41) is 15.4. The van der Waals surface area contributed by atoms with Crippen molar-refractivity contribution >= 4 is 160 Å². The minimum Gasteiger partial charge on any atom is -0.309 e. The number of hydrogen-bond acceptors (Lipinski definition) is 10. The molecule has 0 radical (unpaired) electrons. The lowest BCUT2D eigenvalue weighted by Gasteiger charge is -2.12. The molecule has 0 bridgehead atoms. The molecule has 13 heteroatoms. The standard InChI is InChI=1S/C46H29N3S.C45H28N4S.C40H25N3S/c1-2-10-30(11-3-1)31-20-22-32(23-21-31)33-12-8-13-34(28-33)40-26-27-47-46(48-40)35-14-9-15-36(29-35)49-41-18-6-4-17-39(41)44-42(49)25-24-38-37-16-5-7-19-43(37)50-45(38)44;1-3-11-29(12-4-1)31-19-23-33(24-20-31)43-46-44(34-25-21-32(22-26-34)30-13-5-2-6-14-30)48-45(47-43)49-38-17-9-7-16-37(38)41-39(49)28-27-36-35-15-8-10-18-40(35)50-42(36)41;1-3-12-26(13-4-1)33-25-34(27-14-5-2-6-15-27)42-40(41-33)28-16-11-17-29(24-28)43-35-20-9-7-19-32(35)38-36(43)23-22-31-30-18-8-10-21-37(30)44-39(31)38/h1-29H;1-28H;1-25H. The fourth-order valence-electron chi connectivity index (χ4n) is 20.7. The van der Waals surface area contributed by atoms with Crippen LogP contribution in [0.2, 0.25) is 0 Å². The molecular formula is C131H82N10S3. The van der Waals surface area contributed by atoms with Crippen LogP contribution in [0.4, 0.5) is 0 Å². The van der Waals surface area contributed by atoms with E-state index >= 15 is 0 Å². The predicted molar refractivity (Wildman–Crippen MR) is 605 cm³/mol. The molecular weight excluding hydrogens is 1810 g/mol. The van der Waals surface area contributed by atoms with Crippen molar-refractivity contribution in [2.24, 2.45) is 0 Å². The van der Waals surface area contributed by atoms with Gasteiger partial charge in [0.15, 0.2) is 23.3 Å². The Morgan fingerprint density at radius 1 is 0.160 bits per heavy atom. The number of thiophene rings is 3. The molecule has 0 atom stereocenters. The molecule has 674 valence electrons. The fourth-order valence-corrected chi connectivity index (χ4v) is 24.5. The van der Waals surface area contributed by atoms with E-state index in [1.165, 1.54) is 143 Å². The van der Waals surface area contributed by atoms with Crippen molar-refractivity contribution in [1.29, 1.82) is 0 Å². The average molecular weight is 1890 g/mol. The summed E-state index contributed by atoms with van der Waals surface area (Å²) in [6.45, 7) is 0. The maximum atomic E-state index is 5.21. The van der Waals surface area contributed by atoms with Gasteiger partial charge in [0, 0.05) is 149 Å². The van der Waals surface area contributed by atoms with Crippen LogP contribution in [0.5, 0.6) is 0 Å². The molecule has 0 amide bonds. The first-order valence-electron chi connectivity index (χ1n) is 48.3. The van der Waals surface area contributed by atoms with Crippen LogP contribution in [0.3, 0.4) is 0 Å². The smallest absolute Gasteiger partial charge is 0.238 e. The quantitative estimate of drug-likeness (QED) is 0.107. The van der Waals surface area contributed by atoms with Gasteiger partial charge >= 0.3 is 0 Å². The average Bonchev–Trinajstić information content (AvgIpc) is 1.57. The van der Waals surface area contributed by atoms with Crippen molar-refractivity contribution in [1.82, 2.24) is 48.6 Å². The van der Waals surface area contributed by atoms with Gasteiger partial charge in [-0.1, -0.05) is 394 Å². The highest BCUT2D eigenvalue weighted by molar-refractivity contribution is 7.27. The summed E-state index contributed by atoms with van der Waals surface area (Å²) in [6.07, 6.45) is 1.87. The topological polar surface area (TPSA) is 105 Å². The number of rotatable bonds is 14. The highest BCUT2D eigenvalue weighted by Gasteiger charge is 2.26. The summed E-state index contributed by atoms with van der Waals surface area (Å²) in [6, 6.07) is 173. The van der Waals surface area contributed by atoms with Crippen molar-refractivity contribution in [3.05, 3.63) is 498 Å². The zero-order valence-electron chi connectivity index (χ0n) is 77.5. The van der Waals surface area contributed by atoms with Crippen LogP contribution < -0.4 is 0 Å². The van der Waals surface area contributed by atoms with Crippen LogP contribution in [-0.4, -0.2) is 48.6 Å². The van der Waals surface area contributed by atoms with Gasteiger partial charge < -0.3 is 9.13 Å². The second kappa shape index (κ2) is 36.1. The van der Waals surface area contributed by atoms with Crippen LogP contribution in [0.15, 0.2) is 498 Å². The zero-order valence-corrected chi connectivity index (χ0v) is 80.0. The summed E-state index contributed by atoms with van der Waals surface area (Å²) in [4.78, 5) is 35.5. The molecule has 0 aliphatic carbocycles. The summed E-state index contributed by atoms with van der Waals surface area (Å²) in [7, 11) is 0. The second-order valence-electron chi connectivity index (χ2n) is 36.1. The molecule has 0 spiro atoms. The van der Waals surface area contributed by atoms with Gasteiger partial charge in [0.25, 0.3) is 0 Å². The third kappa shape index (κ3) is 15.3. The number of aromatic nitrogens is 10. The van der Waals surface area contributed by atoms with Gasteiger partial charge in [-0.3, -0.25) is 4.57 Å². The third-order valence-electron chi connectivity index (χ3n) is 27.6. The van der Waals surface area contributed by atoms with Crippen molar-refractivity contribution in [3.8, 4) is 141 Å². The first-order valence-corrected chi connectivity index (χ1v) is 50.7. The molecule has 20 aromatic carbocycles. The molecule has 144 heavy (non-hydrogen) atoms. The molecule has 0 unspecified atom stereocenters. The van der Waals surface area contributed by atoms with E-state index in [4.69, 9.17) is 34.9 Å². The summed E-state index contributed by atoms with van der Waals surface area (Å²) < 4.78 is 14.8. The summed E-state index contributed by atoms with van der Waals surface area (Å²) >= 11 is 5.61. The Morgan fingerprint density at radius 3 is 0.875 bits per heavy atom. The zero-order chi connectivity index (χ0) is 95.1. The Balaban J connectivity index is 0.000000108. The van der Waals surface area contributed by atoms with E-state index in [1.807, 2.05) is 76.6 Å². The number of para-hydroxylation sites is 3. The second-order valence-corrected chi connectivity index (χ2v) is 39.3. The van der Waals surface area contributed by atoms with Gasteiger partial charge in [-0.15, -0.1) is 34.0 Å². The van der Waals surface area contributed by atoms with Gasteiger partial charge in [0.1, 0.15) is 0 Å². The van der Waals surface area contributed by atoms with Gasteiger partial charge in [-0.05, 0) is 142 Å². The molecule has 0 N–H and O–H groups in total. The summed E-state index contributed by atoms with van der Waals surface area (Å²) in [5.74, 6) is 3.27. The summed E-state index contributed by atoms with van der Waals surface area (Å²) in [5.41, 5.74) is 28.2. The number of hydrogen-bond donors (Lipinski definition) is 0. The normalized spacial score (nSPS) is 11.6. The molecule has 0 aliphatic heterocycles. The van der Waals surface area contributed by atoms with Gasteiger partial charge in [0.05, 0.1) is 50.2 Å². The van der Waals surface area contributed by atoms with Crippen LogP contribution >= 0.6 is 34.0 Å². The van der Waals surface area contributed by atoms with Gasteiger partial charge in [0.2, 0.25) is 5.95 Å². The van der Waals surface area contributed by atoms with Crippen LogP contribution in [0, 0.1) is 0 Å². The lowest BCUT2D eigenvalue weighted by molar-refractivity contribution is 0.954. The Kier molecular flexibility index (Phi) is 21.3. The highest BCUT2D eigenvalue weighted by atomic mass is 32.1. The van der Waals surface area contributed by atoms with Crippen LogP contribution in [0.1, 0.15) is 0 Å². The SMILES string of the molecule is c1ccc(-c2cc(-c3ccccc3)nc(-c3cccc(-n4c5ccccc5c5c6sc7ccccc7c6ccc54)c3)n2)cc1.c1ccc(-c2ccc(-c3cccc(-c4ccnc(-c5cccc(-n6c7ccccc7c7c8sc9ccccc9c8ccc76)c5)n4)c3)cc2)cc1.c1ccc(-c2ccc(-c3nc(-c4ccc(-c5ccccc5)cc4)nc(-n4c5ccccc5c5c6sc7ccccc7c6ccc54)n3)cc2)cc1. The third-order valence-corrected chi connectivity index (χ3v) is 31.2. The maximum absolute atomic E-state index is 5.21. The number of fused-ring (bicyclic) bond motifs is 21. The lowest BCUT2D eigenvalue weighted by atomic mass is 9.98. The van der Waals surface area contributed by atoms with E-state index in [9.17, 15) is 0 Å². The molecule has 29 rings (SSSR count). The van der Waals surface area contributed by atoms with Crippen molar-refractivity contribution in [3.63, 3.8) is 0 Å². The highest BCUT2D eigenvalue weighted by Crippen LogP contribution is 2.49. The van der Waals surface area contributed by atoms with E-state index in [2.05, 4.69) is 469 Å². The minimum absolute atomic E-state index is 0.593. The van der Waals surface area contributed by atoms with E-state index in [-0.39, 0.29) is 0 Å². The molecule has 9 aromatic heterocycles. The minimum atomic E-state index is 0.593. The van der Waals surface area contributed by atoms with Crippen LogP contribution in [0.25, 0.3) is 267 Å². The molecule has 0 fully saturated rings. The van der Waals surface area contributed by atoms with Gasteiger partial charge in [-0.25, -0.2) is 24.9 Å². The Morgan fingerprint density at radius 2 is 0.458 bits per heavy atom. The molecule has 0 saturated heterocycles. The number of nitrogens with zero attached hydrogens (tertiary/aromatic N) is 10. The molecule has 10 nitrogen and oxygen atoms in total. The van der Waals surface area contributed by atoms with E-state index in [1.54, 1.807) is 0 Å². The van der Waals surface area contributed by atoms with E-state index < -0.39 is 0 Å². The molecule has 0 aliphatic rings. The van der Waals surface area contributed by atoms with Gasteiger partial charge in [-0.2, -0.15) is 9.97 Å². The number of benzene rings is 20. The maximum Gasteiger partial charge on any atom is 0.238 e. The Bertz CT molecular complexity index is 9850. The first-order chi connectivity index (χ1) is 71.4. The monoisotopic (exact) mass is 1890 g/mol. The van der Waals surface area contributed by atoms with E-state index in [0.717, 1.165) is 95.1 Å². The molecule has 9 heterocycles. The van der Waals surface area contributed by atoms with E-state index in [0.29, 0.717) is 29.2 Å². The van der Waals surface area contributed by atoms with Crippen molar-refractivity contribution in [2.75, 3.05) is 0 Å². The van der Waals surface area contributed by atoms with Crippen molar-refractivity contribution < 1.29 is 0 Å². The molecule has 0 saturated carbocycles. The Labute approximate surface area is 840 Å². The Hall–Kier alpha value is -18.4. The largest absolute Gasteiger partial charge is 0.309 e. The predicted octanol–water partition coefficient (Wildman–Crippen LogP) is 35.6. The van der Waals surface area contributed by atoms with Crippen LogP contribution in [-0.2, 0) is 0 Å². The van der Waals surface area contributed by atoms with Crippen molar-refractivity contribution in [2.45, 2.75) is 0 Å².